The Hall–Kier alpha value is -1.40. The van der Waals surface area contributed by atoms with Gasteiger partial charge in [0, 0.05) is 37.7 Å². The lowest BCUT2D eigenvalue weighted by atomic mass is 9.96. The van der Waals surface area contributed by atoms with Crippen molar-refractivity contribution in [1.82, 2.24) is 9.97 Å². The molecule has 2 aliphatic rings. The third kappa shape index (κ3) is 3.17. The minimum Gasteiger partial charge on any atom is -0.391 e. The van der Waals surface area contributed by atoms with E-state index in [4.69, 9.17) is 9.97 Å². The third-order valence-corrected chi connectivity index (χ3v) is 4.34. The Morgan fingerprint density at radius 3 is 1.73 bits per heavy atom. The lowest BCUT2D eigenvalue weighted by Crippen LogP contribution is -2.28. The summed E-state index contributed by atoms with van der Waals surface area (Å²) in [5.41, 5.74) is -0.137. The molecular formula is C16H26N4O2. The quantitative estimate of drug-likeness (QED) is 0.846. The molecule has 0 aromatic carbocycles. The number of nitrogens with zero attached hydrogens (tertiary/aromatic N) is 4. The van der Waals surface area contributed by atoms with Gasteiger partial charge in [0.2, 0.25) is 0 Å². The van der Waals surface area contributed by atoms with Crippen molar-refractivity contribution in [1.29, 1.82) is 0 Å². The van der Waals surface area contributed by atoms with Gasteiger partial charge < -0.3 is 20.0 Å². The normalized spacial score (nSPS) is 26.0. The summed E-state index contributed by atoms with van der Waals surface area (Å²) in [5, 5.41) is 19.6. The van der Waals surface area contributed by atoms with Crippen LogP contribution >= 0.6 is 0 Å². The first kappa shape index (κ1) is 15.5. The summed E-state index contributed by atoms with van der Waals surface area (Å²) in [5.74, 6) is 2.57. The van der Waals surface area contributed by atoms with Crippen molar-refractivity contribution in [2.24, 2.45) is 0 Å². The van der Waals surface area contributed by atoms with Crippen LogP contribution in [-0.2, 0) is 5.41 Å². The molecule has 22 heavy (non-hydrogen) atoms. The molecule has 1 aromatic rings. The molecule has 0 unspecified atom stereocenters. The summed E-state index contributed by atoms with van der Waals surface area (Å²) in [4.78, 5) is 13.7. The summed E-state index contributed by atoms with van der Waals surface area (Å²) in [6, 6.07) is 1.99. The van der Waals surface area contributed by atoms with E-state index in [1.165, 1.54) is 0 Å². The third-order valence-electron chi connectivity index (χ3n) is 4.34. The molecule has 2 atom stereocenters. The van der Waals surface area contributed by atoms with Crippen LogP contribution in [0.2, 0.25) is 0 Å². The van der Waals surface area contributed by atoms with Crippen LogP contribution in [0, 0.1) is 0 Å². The second-order valence-electron chi connectivity index (χ2n) is 7.43. The molecule has 0 amide bonds. The van der Waals surface area contributed by atoms with Gasteiger partial charge in [-0.2, -0.15) is 0 Å². The molecule has 122 valence electrons. The van der Waals surface area contributed by atoms with E-state index < -0.39 is 0 Å². The Balaban J connectivity index is 1.95. The zero-order valence-corrected chi connectivity index (χ0v) is 13.7. The molecule has 0 bridgehead atoms. The molecule has 0 saturated carbocycles. The fraction of sp³-hybridized carbons (Fsp3) is 0.750. The van der Waals surface area contributed by atoms with Gasteiger partial charge in [0.15, 0.2) is 0 Å². The molecule has 3 rings (SSSR count). The van der Waals surface area contributed by atoms with Crippen LogP contribution in [0.25, 0.3) is 0 Å². The molecule has 0 radical (unpaired) electrons. The highest BCUT2D eigenvalue weighted by molar-refractivity contribution is 5.53. The maximum atomic E-state index is 9.78. The van der Waals surface area contributed by atoms with E-state index in [1.807, 2.05) is 6.07 Å². The summed E-state index contributed by atoms with van der Waals surface area (Å²) in [7, 11) is 0. The number of rotatable bonds is 2. The number of β-amino-alcohol motifs (C(OH)–C–C–N with tert-alkyl or cyclic N) is 2. The average molecular weight is 306 g/mol. The molecule has 6 nitrogen and oxygen atoms in total. The van der Waals surface area contributed by atoms with Gasteiger partial charge in [-0.05, 0) is 12.8 Å². The molecule has 2 N–H and O–H groups in total. The van der Waals surface area contributed by atoms with E-state index in [0.29, 0.717) is 13.1 Å². The summed E-state index contributed by atoms with van der Waals surface area (Å²) >= 11 is 0. The van der Waals surface area contributed by atoms with Crippen LogP contribution in [0.3, 0.4) is 0 Å². The highest BCUT2D eigenvalue weighted by Gasteiger charge is 2.28. The maximum Gasteiger partial charge on any atom is 0.138 e. The number of aliphatic hydroxyl groups is 2. The smallest absolute Gasteiger partial charge is 0.138 e. The van der Waals surface area contributed by atoms with Gasteiger partial charge in [-0.1, -0.05) is 20.8 Å². The first-order valence-corrected chi connectivity index (χ1v) is 8.08. The molecule has 0 aliphatic carbocycles. The largest absolute Gasteiger partial charge is 0.391 e. The van der Waals surface area contributed by atoms with E-state index in [0.717, 1.165) is 43.4 Å². The lowest BCUT2D eigenvalue weighted by Gasteiger charge is -2.25. The van der Waals surface area contributed by atoms with Gasteiger partial charge in [0.25, 0.3) is 0 Å². The number of aromatic nitrogens is 2. The van der Waals surface area contributed by atoms with E-state index >= 15 is 0 Å². The molecule has 0 spiro atoms. The van der Waals surface area contributed by atoms with Gasteiger partial charge in [-0.15, -0.1) is 0 Å². The Kier molecular flexibility index (Phi) is 3.99. The molecule has 3 heterocycles. The standard InChI is InChI=1S/C16H26N4O2/c1-16(2,3)15-17-13(19-6-4-11(21)9-19)8-14(18-15)20-7-5-12(22)10-20/h8,11-12,21-22H,4-7,9-10H2,1-3H3/t11-,12-/m1/s1. The Bertz CT molecular complexity index is 505. The molecule has 2 aliphatic heterocycles. The van der Waals surface area contributed by atoms with Crippen molar-refractivity contribution < 1.29 is 10.2 Å². The Morgan fingerprint density at radius 1 is 0.955 bits per heavy atom. The van der Waals surface area contributed by atoms with Crippen molar-refractivity contribution in [2.45, 2.75) is 51.2 Å². The van der Waals surface area contributed by atoms with E-state index in [1.54, 1.807) is 0 Å². The summed E-state index contributed by atoms with van der Waals surface area (Å²) < 4.78 is 0. The van der Waals surface area contributed by atoms with Gasteiger partial charge >= 0.3 is 0 Å². The van der Waals surface area contributed by atoms with Gasteiger partial charge in [0.1, 0.15) is 17.5 Å². The Morgan fingerprint density at radius 2 is 1.41 bits per heavy atom. The van der Waals surface area contributed by atoms with Crippen LogP contribution in [0.15, 0.2) is 6.07 Å². The van der Waals surface area contributed by atoms with E-state index in [2.05, 4.69) is 30.6 Å². The Labute approximate surface area is 131 Å². The average Bonchev–Trinajstić information content (AvgIpc) is 3.06. The van der Waals surface area contributed by atoms with Crippen molar-refractivity contribution in [3.63, 3.8) is 0 Å². The number of anilines is 2. The summed E-state index contributed by atoms with van der Waals surface area (Å²) in [6.45, 7) is 9.22. The number of hydrogen-bond acceptors (Lipinski definition) is 6. The molecule has 1 aromatic heterocycles. The number of hydrogen-bond donors (Lipinski definition) is 2. The second-order valence-corrected chi connectivity index (χ2v) is 7.43. The lowest BCUT2D eigenvalue weighted by molar-refractivity contribution is 0.198. The zero-order chi connectivity index (χ0) is 15.9. The zero-order valence-electron chi connectivity index (χ0n) is 13.7. The molecule has 2 saturated heterocycles. The number of aliphatic hydroxyl groups excluding tert-OH is 2. The van der Waals surface area contributed by atoms with E-state index in [9.17, 15) is 10.2 Å². The first-order valence-electron chi connectivity index (χ1n) is 8.08. The van der Waals surface area contributed by atoms with Crippen molar-refractivity contribution in [3.05, 3.63) is 11.9 Å². The van der Waals surface area contributed by atoms with Crippen LogP contribution in [0.5, 0.6) is 0 Å². The fourth-order valence-electron chi connectivity index (χ4n) is 2.98. The SMILES string of the molecule is CC(C)(C)c1nc(N2CC[C@@H](O)C2)cc(N2CC[C@@H](O)C2)n1. The van der Waals surface area contributed by atoms with Crippen molar-refractivity contribution in [2.75, 3.05) is 36.0 Å². The molecule has 6 heteroatoms. The highest BCUT2D eigenvalue weighted by Crippen LogP contribution is 2.29. The van der Waals surface area contributed by atoms with Crippen molar-refractivity contribution >= 4 is 11.6 Å². The van der Waals surface area contributed by atoms with Gasteiger partial charge in [0.05, 0.1) is 12.2 Å². The van der Waals surface area contributed by atoms with Crippen molar-refractivity contribution in [3.8, 4) is 0 Å². The molecular weight excluding hydrogens is 280 g/mol. The van der Waals surface area contributed by atoms with Crippen LogP contribution in [-0.4, -0.2) is 58.6 Å². The van der Waals surface area contributed by atoms with Gasteiger partial charge in [-0.3, -0.25) is 0 Å². The predicted octanol–water partition coefficient (Wildman–Crippen LogP) is 0.916. The minimum absolute atomic E-state index is 0.137. The van der Waals surface area contributed by atoms with Crippen LogP contribution in [0.4, 0.5) is 11.6 Å². The predicted molar refractivity (Wildman–Crippen MR) is 86.4 cm³/mol. The maximum absolute atomic E-state index is 9.78. The minimum atomic E-state index is -0.273. The first-order chi connectivity index (χ1) is 10.3. The monoisotopic (exact) mass is 306 g/mol. The highest BCUT2D eigenvalue weighted by atomic mass is 16.3. The van der Waals surface area contributed by atoms with Gasteiger partial charge in [-0.25, -0.2) is 9.97 Å². The molecule has 2 fully saturated rings. The fourth-order valence-corrected chi connectivity index (χ4v) is 2.98. The van der Waals surface area contributed by atoms with E-state index in [-0.39, 0.29) is 17.6 Å². The van der Waals surface area contributed by atoms with Crippen LogP contribution in [0.1, 0.15) is 39.4 Å². The summed E-state index contributed by atoms with van der Waals surface area (Å²) in [6.07, 6.45) is 1.02. The second kappa shape index (κ2) is 5.66. The topological polar surface area (TPSA) is 72.7 Å². The van der Waals surface area contributed by atoms with Crippen LogP contribution < -0.4 is 9.80 Å².